The van der Waals surface area contributed by atoms with Crippen molar-refractivity contribution < 1.29 is 27.1 Å². The zero-order valence-corrected chi connectivity index (χ0v) is 21.0. The molecule has 8 nitrogen and oxygen atoms in total. The number of aromatic nitrogens is 2. The predicted molar refractivity (Wildman–Crippen MR) is 129 cm³/mol. The minimum atomic E-state index is -4.20. The number of rotatable bonds is 7. The average Bonchev–Trinajstić information content (AvgIpc) is 3.26. The summed E-state index contributed by atoms with van der Waals surface area (Å²) < 4.78 is 53.7. The second kappa shape index (κ2) is 9.96. The van der Waals surface area contributed by atoms with Crippen molar-refractivity contribution in [3.8, 4) is 17.0 Å². The molecule has 186 valence electrons. The van der Waals surface area contributed by atoms with Crippen LogP contribution in [0, 0.1) is 12.7 Å². The highest BCUT2D eigenvalue weighted by atomic mass is 35.5. The molecule has 11 heteroatoms. The predicted octanol–water partition coefficient (Wildman–Crippen LogP) is 3.67. The van der Waals surface area contributed by atoms with E-state index in [0.29, 0.717) is 30.0 Å². The molecule has 1 atom stereocenters. The number of hydrogen-bond acceptors (Lipinski definition) is 6. The number of nitrogens with zero attached hydrogens (tertiary/aromatic N) is 2. The van der Waals surface area contributed by atoms with Crippen LogP contribution in [0.1, 0.15) is 23.6 Å². The number of carbonyl (C=O) groups excluding carboxylic acids is 1. The van der Waals surface area contributed by atoms with Crippen molar-refractivity contribution in [2.75, 3.05) is 13.7 Å². The van der Waals surface area contributed by atoms with Gasteiger partial charge in [0.1, 0.15) is 18.5 Å². The van der Waals surface area contributed by atoms with E-state index in [2.05, 4.69) is 9.82 Å². The van der Waals surface area contributed by atoms with Gasteiger partial charge in [-0.2, -0.15) is 13.5 Å². The van der Waals surface area contributed by atoms with Crippen molar-refractivity contribution in [1.82, 2.24) is 14.5 Å². The van der Waals surface area contributed by atoms with E-state index < -0.39 is 21.7 Å². The van der Waals surface area contributed by atoms with Gasteiger partial charge in [-0.25, -0.2) is 13.8 Å². The van der Waals surface area contributed by atoms with Crippen molar-refractivity contribution in [3.63, 3.8) is 0 Å². The maximum atomic E-state index is 13.9. The maximum absolute atomic E-state index is 13.9. The van der Waals surface area contributed by atoms with Crippen molar-refractivity contribution in [2.24, 2.45) is 0 Å². The third-order valence-corrected chi connectivity index (χ3v) is 7.46. The lowest BCUT2D eigenvalue weighted by atomic mass is 9.92. The number of methoxy groups -OCH3 is 1. The standard InChI is InChI=1S/C24H25ClFN3O5S/c1-4-15-8-17(16-5-6-20(25)21(26)9-16)7-14(2)19(15)10-22(30)28-35(31,32)23-11-24-29(27-23)12-18(33-3)13-34-24/h5-9,11,18H,4,10,12-13H2,1-3H3,(H,28,30). The molecule has 1 aliphatic heterocycles. The number of aryl methyl sites for hydroxylation is 2. The first-order valence-electron chi connectivity index (χ1n) is 11.0. The van der Waals surface area contributed by atoms with Crippen LogP contribution in [0.25, 0.3) is 11.1 Å². The van der Waals surface area contributed by atoms with Gasteiger partial charge in [0.15, 0.2) is 0 Å². The topological polar surface area (TPSA) is 99.5 Å². The third kappa shape index (κ3) is 5.34. The number of halogens is 2. The summed E-state index contributed by atoms with van der Waals surface area (Å²) in [5.74, 6) is -0.906. The molecule has 3 aromatic rings. The first-order valence-corrected chi connectivity index (χ1v) is 12.8. The lowest BCUT2D eigenvalue weighted by Gasteiger charge is -2.22. The Morgan fingerprint density at radius 2 is 2.06 bits per heavy atom. The molecule has 0 aliphatic carbocycles. The Morgan fingerprint density at radius 3 is 2.74 bits per heavy atom. The highest BCUT2D eigenvalue weighted by Crippen LogP contribution is 2.29. The third-order valence-electron chi connectivity index (χ3n) is 5.91. The number of fused-ring (bicyclic) bond motifs is 1. The van der Waals surface area contributed by atoms with Crippen LogP contribution in [0.4, 0.5) is 4.39 Å². The fraction of sp³-hybridized carbons (Fsp3) is 0.333. The monoisotopic (exact) mass is 521 g/mol. The van der Waals surface area contributed by atoms with E-state index in [0.717, 1.165) is 16.7 Å². The van der Waals surface area contributed by atoms with Crippen LogP contribution in [0.3, 0.4) is 0 Å². The van der Waals surface area contributed by atoms with Gasteiger partial charge >= 0.3 is 0 Å². The molecule has 1 amide bonds. The van der Waals surface area contributed by atoms with Gasteiger partial charge in [-0.1, -0.05) is 36.7 Å². The van der Waals surface area contributed by atoms with Crippen LogP contribution in [-0.2, 0) is 38.9 Å². The van der Waals surface area contributed by atoms with Gasteiger partial charge in [0.05, 0.1) is 18.0 Å². The zero-order valence-electron chi connectivity index (χ0n) is 19.5. The van der Waals surface area contributed by atoms with Crippen molar-refractivity contribution in [2.45, 2.75) is 44.4 Å². The normalized spacial score (nSPS) is 15.4. The molecule has 1 unspecified atom stereocenters. The summed E-state index contributed by atoms with van der Waals surface area (Å²) >= 11 is 5.79. The van der Waals surface area contributed by atoms with Crippen molar-refractivity contribution in [1.29, 1.82) is 0 Å². The Balaban J connectivity index is 1.53. The van der Waals surface area contributed by atoms with E-state index in [1.165, 1.54) is 30.0 Å². The first kappa shape index (κ1) is 25.2. The molecule has 2 aromatic carbocycles. The summed E-state index contributed by atoms with van der Waals surface area (Å²) in [5, 5.41) is 3.80. The quantitative estimate of drug-likeness (QED) is 0.509. The van der Waals surface area contributed by atoms with Crippen LogP contribution in [0.5, 0.6) is 5.88 Å². The lowest BCUT2D eigenvalue weighted by Crippen LogP contribution is -2.33. The summed E-state index contributed by atoms with van der Waals surface area (Å²) in [6, 6.07) is 9.57. The van der Waals surface area contributed by atoms with E-state index in [4.69, 9.17) is 21.1 Å². The molecule has 0 saturated heterocycles. The molecule has 2 heterocycles. The van der Waals surface area contributed by atoms with Gasteiger partial charge in [-0.3, -0.25) is 4.79 Å². The van der Waals surface area contributed by atoms with Crippen LogP contribution < -0.4 is 9.46 Å². The largest absolute Gasteiger partial charge is 0.475 e. The van der Waals surface area contributed by atoms with E-state index in [1.807, 2.05) is 26.0 Å². The van der Waals surface area contributed by atoms with Crippen LogP contribution in [0.2, 0.25) is 5.02 Å². The zero-order chi connectivity index (χ0) is 25.3. The summed E-state index contributed by atoms with van der Waals surface area (Å²) in [4.78, 5) is 12.8. The van der Waals surface area contributed by atoms with E-state index in [9.17, 15) is 17.6 Å². The van der Waals surface area contributed by atoms with Crippen LogP contribution >= 0.6 is 11.6 Å². The minimum Gasteiger partial charge on any atom is -0.475 e. The smallest absolute Gasteiger partial charge is 0.283 e. The summed E-state index contributed by atoms with van der Waals surface area (Å²) in [5.41, 5.74) is 3.81. The van der Waals surface area contributed by atoms with Gasteiger partial charge in [0.2, 0.25) is 16.8 Å². The highest BCUT2D eigenvalue weighted by molar-refractivity contribution is 7.90. The Kier molecular flexibility index (Phi) is 7.16. The number of benzene rings is 2. The molecule has 0 bridgehead atoms. The maximum Gasteiger partial charge on any atom is 0.283 e. The lowest BCUT2D eigenvalue weighted by molar-refractivity contribution is -0.118. The highest BCUT2D eigenvalue weighted by Gasteiger charge is 2.28. The fourth-order valence-electron chi connectivity index (χ4n) is 4.02. The number of amides is 1. The molecule has 1 aromatic heterocycles. The SMILES string of the molecule is CCc1cc(-c2ccc(Cl)c(F)c2)cc(C)c1CC(=O)NS(=O)(=O)c1cc2n(n1)CC(OC)CO2. The number of sulfonamides is 1. The molecule has 4 rings (SSSR count). The van der Waals surface area contributed by atoms with E-state index in [1.54, 1.807) is 6.07 Å². The Hall–Kier alpha value is -2.95. The van der Waals surface area contributed by atoms with Crippen molar-refractivity contribution in [3.05, 3.63) is 63.9 Å². The van der Waals surface area contributed by atoms with Gasteiger partial charge in [0.25, 0.3) is 10.0 Å². The van der Waals surface area contributed by atoms with Crippen molar-refractivity contribution >= 4 is 27.5 Å². The van der Waals surface area contributed by atoms with E-state index in [-0.39, 0.29) is 29.2 Å². The molecule has 0 saturated carbocycles. The number of carbonyl (C=O) groups is 1. The molecule has 0 spiro atoms. The van der Waals surface area contributed by atoms with Crippen LogP contribution in [-0.4, -0.2) is 43.9 Å². The van der Waals surface area contributed by atoms with Crippen LogP contribution in [0.15, 0.2) is 41.4 Å². The average molecular weight is 522 g/mol. The number of hydrogen-bond donors (Lipinski definition) is 1. The summed E-state index contributed by atoms with van der Waals surface area (Å²) in [6.45, 7) is 4.39. The first-order chi connectivity index (χ1) is 16.6. The van der Waals surface area contributed by atoms with Gasteiger partial charge in [-0.15, -0.1) is 0 Å². The molecule has 0 fully saturated rings. The Morgan fingerprint density at radius 1 is 1.29 bits per heavy atom. The second-order valence-corrected chi connectivity index (χ2v) is 10.3. The second-order valence-electron chi connectivity index (χ2n) is 8.29. The number of nitrogens with one attached hydrogen (secondary N) is 1. The summed E-state index contributed by atoms with van der Waals surface area (Å²) in [6.07, 6.45) is 0.223. The number of ether oxygens (including phenoxy) is 2. The molecule has 35 heavy (non-hydrogen) atoms. The van der Waals surface area contributed by atoms with Gasteiger partial charge < -0.3 is 9.47 Å². The molecular formula is C24H25ClFN3O5S. The molecule has 0 radical (unpaired) electrons. The fourth-order valence-corrected chi connectivity index (χ4v) is 5.08. The minimum absolute atomic E-state index is 0.0410. The molecule has 1 aliphatic rings. The van der Waals surface area contributed by atoms with Gasteiger partial charge in [-0.05, 0) is 53.3 Å². The molecular weight excluding hydrogens is 497 g/mol. The molecule has 1 N–H and O–H groups in total. The Bertz CT molecular complexity index is 1390. The Labute approximate surface area is 208 Å². The summed E-state index contributed by atoms with van der Waals surface area (Å²) in [7, 11) is -2.66. The van der Waals surface area contributed by atoms with Gasteiger partial charge in [0, 0.05) is 13.2 Å². The van der Waals surface area contributed by atoms with E-state index >= 15 is 0 Å².